The Morgan fingerprint density at radius 2 is 1.93 bits per heavy atom. The third-order valence-electron chi connectivity index (χ3n) is 6.39. The maximum Gasteiger partial charge on any atom is 0.277 e. The summed E-state index contributed by atoms with van der Waals surface area (Å²) in [6, 6.07) is 16.2. The normalized spacial score (nSPS) is 12.6. The van der Waals surface area contributed by atoms with Gasteiger partial charge >= 0.3 is 0 Å². The van der Waals surface area contributed by atoms with Crippen molar-refractivity contribution in [3.8, 4) is 17.1 Å². The highest BCUT2D eigenvalue weighted by Gasteiger charge is 2.16. The zero-order valence-electron chi connectivity index (χ0n) is 22.9. The van der Waals surface area contributed by atoms with Gasteiger partial charge in [-0.1, -0.05) is 11.6 Å². The van der Waals surface area contributed by atoms with Crippen molar-refractivity contribution in [3.05, 3.63) is 82.5 Å². The summed E-state index contributed by atoms with van der Waals surface area (Å²) in [6.45, 7) is 0.228. The van der Waals surface area contributed by atoms with Crippen LogP contribution in [0.1, 0.15) is 15.9 Å². The number of ether oxygens (including phenoxy) is 1. The van der Waals surface area contributed by atoms with Crippen molar-refractivity contribution in [2.45, 2.75) is 6.54 Å². The second-order valence-electron chi connectivity index (χ2n) is 9.53. The molecule has 1 aliphatic rings. The molecule has 0 spiro atoms. The minimum Gasteiger partial charge on any atom is -0.497 e. The van der Waals surface area contributed by atoms with Gasteiger partial charge in [0.2, 0.25) is 0 Å². The third-order valence-corrected chi connectivity index (χ3v) is 6.72. The molecule has 0 saturated carbocycles. The Morgan fingerprint density at radius 3 is 2.69 bits per heavy atom. The fourth-order valence-corrected chi connectivity index (χ4v) is 4.44. The predicted molar refractivity (Wildman–Crippen MR) is 162 cm³/mol. The summed E-state index contributed by atoms with van der Waals surface area (Å²) in [6.07, 6.45) is 3.96. The number of halogens is 1. The number of nitrogens with zero attached hydrogens (tertiary/aromatic N) is 5. The van der Waals surface area contributed by atoms with Crippen LogP contribution in [0.5, 0.6) is 5.75 Å². The van der Waals surface area contributed by atoms with Crippen LogP contribution in [0.15, 0.2) is 76.5 Å². The number of hydrogen-bond acceptors (Lipinski definition) is 9. The molecule has 5 rings (SSSR count). The predicted octanol–water partition coefficient (Wildman–Crippen LogP) is 4.43. The lowest BCUT2D eigenvalue weighted by Gasteiger charge is -2.15. The number of aromatic nitrogens is 2. The minimum atomic E-state index is -0.734. The van der Waals surface area contributed by atoms with E-state index in [9.17, 15) is 9.59 Å². The molecule has 2 heterocycles. The van der Waals surface area contributed by atoms with E-state index in [0.717, 1.165) is 16.7 Å². The van der Waals surface area contributed by atoms with Gasteiger partial charge < -0.3 is 19.9 Å². The fraction of sp³-hybridized carbons (Fsp3) is 0.138. The van der Waals surface area contributed by atoms with E-state index in [1.54, 1.807) is 41.9 Å². The van der Waals surface area contributed by atoms with E-state index >= 15 is 0 Å². The number of rotatable bonds is 8. The van der Waals surface area contributed by atoms with E-state index in [0.29, 0.717) is 39.0 Å². The van der Waals surface area contributed by atoms with Crippen LogP contribution in [-0.2, 0) is 11.3 Å². The SMILES string of the molecule is COc1cc(CN2C=NC=C(C(=O)NO)C=N2)cc(C(=O)Nc2ccc(Cl)c(-c3nc4ccc(N(C)C)cc4[nH]3)c2)c1. The highest BCUT2D eigenvalue weighted by atomic mass is 35.5. The van der Waals surface area contributed by atoms with Gasteiger partial charge in [-0.25, -0.2) is 15.5 Å². The Hall–Kier alpha value is -5.20. The Morgan fingerprint density at radius 1 is 1.10 bits per heavy atom. The summed E-state index contributed by atoms with van der Waals surface area (Å²) < 4.78 is 5.42. The number of H-pyrrole nitrogens is 1. The maximum absolute atomic E-state index is 13.3. The van der Waals surface area contributed by atoms with E-state index in [2.05, 4.69) is 25.4 Å². The van der Waals surface area contributed by atoms with Crippen LogP contribution in [0, 0.1) is 0 Å². The Bertz CT molecular complexity index is 1760. The molecular formula is C29H27ClN8O4. The smallest absolute Gasteiger partial charge is 0.277 e. The molecule has 214 valence electrons. The topological polar surface area (TPSA) is 148 Å². The average Bonchev–Trinajstić information content (AvgIpc) is 3.28. The number of fused-ring (bicyclic) bond motifs is 1. The Balaban J connectivity index is 1.36. The molecule has 4 aromatic rings. The Kier molecular flexibility index (Phi) is 8.18. The molecule has 0 atom stereocenters. The number of benzene rings is 3. The zero-order valence-corrected chi connectivity index (χ0v) is 23.7. The van der Waals surface area contributed by atoms with E-state index in [-0.39, 0.29) is 18.0 Å². The molecule has 0 bridgehead atoms. The van der Waals surface area contributed by atoms with Crippen molar-refractivity contribution in [1.82, 2.24) is 20.5 Å². The molecule has 2 amide bonds. The van der Waals surface area contributed by atoms with Crippen LogP contribution in [-0.4, -0.2) is 65.8 Å². The standard InChI is InChI=1S/C29H27ClN8O4/c1-37(2)21-5-7-25-26(12-21)35-27(34-25)23-11-20(4-6-24(23)30)33-28(39)18-8-17(9-22(10-18)42-3)15-38-16-31-13-19(14-32-38)29(40)36-41/h4-14,16,41H,15H2,1-3H3,(H,33,39)(H,34,35)(H,36,40). The second-order valence-corrected chi connectivity index (χ2v) is 9.94. The molecule has 0 fully saturated rings. The first-order chi connectivity index (χ1) is 20.2. The van der Waals surface area contributed by atoms with E-state index in [1.807, 2.05) is 37.2 Å². The number of aliphatic imine (C=N–C) groups is 1. The number of methoxy groups -OCH3 is 1. The second kappa shape index (κ2) is 12.1. The van der Waals surface area contributed by atoms with Crippen molar-refractivity contribution in [2.24, 2.45) is 10.1 Å². The molecule has 0 saturated heterocycles. The number of imidazole rings is 1. The number of nitrogens with one attached hydrogen (secondary N) is 3. The summed E-state index contributed by atoms with van der Waals surface area (Å²) in [7, 11) is 5.45. The summed E-state index contributed by atoms with van der Waals surface area (Å²) in [5.41, 5.74) is 6.55. The molecule has 0 radical (unpaired) electrons. The van der Waals surface area contributed by atoms with Crippen molar-refractivity contribution < 1.29 is 19.5 Å². The summed E-state index contributed by atoms with van der Waals surface area (Å²) in [5.74, 6) is -0.0371. The number of hydrogen-bond donors (Lipinski definition) is 4. The Labute approximate surface area is 245 Å². The van der Waals surface area contributed by atoms with Gasteiger partial charge in [0, 0.05) is 42.8 Å². The molecule has 1 aliphatic heterocycles. The van der Waals surface area contributed by atoms with Crippen molar-refractivity contribution in [1.29, 1.82) is 0 Å². The fourth-order valence-electron chi connectivity index (χ4n) is 4.23. The average molecular weight is 587 g/mol. The van der Waals surface area contributed by atoms with Crippen LogP contribution < -0.4 is 20.4 Å². The van der Waals surface area contributed by atoms with Crippen molar-refractivity contribution >= 4 is 58.4 Å². The monoisotopic (exact) mass is 586 g/mol. The number of carbonyl (C=O) groups is 2. The molecule has 4 N–H and O–H groups in total. The first-order valence-electron chi connectivity index (χ1n) is 12.7. The van der Waals surface area contributed by atoms with Gasteiger partial charge in [0.15, 0.2) is 0 Å². The highest BCUT2D eigenvalue weighted by Crippen LogP contribution is 2.31. The van der Waals surface area contributed by atoms with Gasteiger partial charge in [0.25, 0.3) is 11.8 Å². The van der Waals surface area contributed by atoms with Crippen molar-refractivity contribution in [2.75, 3.05) is 31.4 Å². The lowest BCUT2D eigenvalue weighted by atomic mass is 10.1. The van der Waals surface area contributed by atoms with E-state index in [1.165, 1.54) is 30.9 Å². The number of carbonyl (C=O) groups excluding carboxylic acids is 2. The van der Waals surface area contributed by atoms with Crippen LogP contribution in [0.2, 0.25) is 5.02 Å². The molecule has 1 aromatic heterocycles. The third kappa shape index (κ3) is 6.24. The maximum atomic E-state index is 13.3. The summed E-state index contributed by atoms with van der Waals surface area (Å²) in [5, 5.41) is 17.9. The van der Waals surface area contributed by atoms with Gasteiger partial charge in [-0.15, -0.1) is 0 Å². The van der Waals surface area contributed by atoms with E-state index < -0.39 is 5.91 Å². The molecule has 3 aromatic carbocycles. The summed E-state index contributed by atoms with van der Waals surface area (Å²) in [4.78, 5) is 39.0. The molecule has 0 unspecified atom stereocenters. The number of anilines is 2. The van der Waals surface area contributed by atoms with Gasteiger partial charge in [-0.05, 0) is 60.2 Å². The number of hydroxylamine groups is 1. The van der Waals surface area contributed by atoms with Gasteiger partial charge in [-0.3, -0.25) is 19.8 Å². The van der Waals surface area contributed by atoms with Crippen LogP contribution >= 0.6 is 11.6 Å². The largest absolute Gasteiger partial charge is 0.497 e. The van der Waals surface area contributed by atoms with Gasteiger partial charge in [0.05, 0.1) is 41.5 Å². The quantitative estimate of drug-likeness (QED) is 0.176. The number of aromatic amines is 1. The molecule has 12 nitrogen and oxygen atoms in total. The lowest BCUT2D eigenvalue weighted by Crippen LogP contribution is -2.21. The molecule has 42 heavy (non-hydrogen) atoms. The van der Waals surface area contributed by atoms with E-state index in [4.69, 9.17) is 21.5 Å². The van der Waals surface area contributed by atoms with Crippen LogP contribution in [0.4, 0.5) is 11.4 Å². The van der Waals surface area contributed by atoms with Crippen LogP contribution in [0.3, 0.4) is 0 Å². The lowest BCUT2D eigenvalue weighted by molar-refractivity contribution is -0.124. The van der Waals surface area contributed by atoms with Gasteiger partial charge in [-0.2, -0.15) is 5.10 Å². The highest BCUT2D eigenvalue weighted by molar-refractivity contribution is 6.33. The van der Waals surface area contributed by atoms with Gasteiger partial charge in [0.1, 0.15) is 17.9 Å². The molecule has 13 heteroatoms. The van der Waals surface area contributed by atoms with Crippen molar-refractivity contribution in [3.63, 3.8) is 0 Å². The first kappa shape index (κ1) is 28.3. The molecular weight excluding hydrogens is 560 g/mol. The van der Waals surface area contributed by atoms with Crippen LogP contribution in [0.25, 0.3) is 22.4 Å². The summed E-state index contributed by atoms with van der Waals surface area (Å²) >= 11 is 6.53. The zero-order chi connectivity index (χ0) is 29.8. The molecule has 0 aliphatic carbocycles. The first-order valence-corrected chi connectivity index (χ1v) is 13.1. The number of amides is 2. The minimum absolute atomic E-state index is 0.0743. The number of hydrazone groups is 1.